The number of hydrogen-bond donors (Lipinski definition) is 1. The maximum Gasteiger partial charge on any atom is 0.0135 e. The molecule has 2 N–H and O–H groups in total. The van der Waals surface area contributed by atoms with Crippen LogP contribution in [-0.4, -0.2) is 11.8 Å². The molecule has 0 amide bonds. The fraction of sp³-hybridized carbons (Fsp3) is 0.600. The lowest BCUT2D eigenvalue weighted by Gasteiger charge is -2.23. The van der Waals surface area contributed by atoms with Gasteiger partial charge in [-0.1, -0.05) is 37.5 Å². The molecule has 2 rings (SSSR count). The lowest BCUT2D eigenvalue weighted by atomic mass is 10.0. The summed E-state index contributed by atoms with van der Waals surface area (Å²) in [4.78, 5) is 1.44. The van der Waals surface area contributed by atoms with Crippen molar-refractivity contribution in [3.8, 4) is 0 Å². The van der Waals surface area contributed by atoms with Gasteiger partial charge in [0.05, 0.1) is 0 Å². The largest absolute Gasteiger partial charge is 0.330 e. The van der Waals surface area contributed by atoms with Crippen molar-refractivity contribution in [2.75, 3.05) is 6.54 Å². The molecule has 2 unspecified atom stereocenters. The summed E-state index contributed by atoms with van der Waals surface area (Å²) < 4.78 is 0. The second-order valence-electron chi connectivity index (χ2n) is 5.06. The summed E-state index contributed by atoms with van der Waals surface area (Å²) in [5.74, 6) is 0.710. The van der Waals surface area contributed by atoms with Gasteiger partial charge in [-0.05, 0) is 43.9 Å². The Bertz CT molecular complexity index is 351. The summed E-state index contributed by atoms with van der Waals surface area (Å²) in [7, 11) is 0. The Morgan fingerprint density at radius 3 is 2.71 bits per heavy atom. The molecule has 1 aromatic carbocycles. The van der Waals surface area contributed by atoms with E-state index in [1.54, 1.807) is 0 Å². The molecule has 1 aromatic rings. The van der Waals surface area contributed by atoms with Gasteiger partial charge in [0.25, 0.3) is 0 Å². The molecule has 0 spiro atoms. The van der Waals surface area contributed by atoms with Gasteiger partial charge in [-0.15, -0.1) is 11.8 Å². The van der Waals surface area contributed by atoms with E-state index in [9.17, 15) is 0 Å². The Hall–Kier alpha value is -0.470. The van der Waals surface area contributed by atoms with Gasteiger partial charge < -0.3 is 5.73 Å². The van der Waals surface area contributed by atoms with Crippen LogP contribution in [0.3, 0.4) is 0 Å². The molecule has 1 fully saturated rings. The molecular weight excluding hydrogens is 226 g/mol. The van der Waals surface area contributed by atoms with Gasteiger partial charge in [0.15, 0.2) is 0 Å². The second-order valence-corrected chi connectivity index (χ2v) is 6.34. The highest BCUT2D eigenvalue weighted by Gasteiger charge is 2.23. The molecule has 0 bridgehead atoms. The third kappa shape index (κ3) is 3.49. The van der Waals surface area contributed by atoms with E-state index in [1.165, 1.54) is 42.6 Å². The van der Waals surface area contributed by atoms with E-state index in [0.717, 1.165) is 11.8 Å². The molecule has 94 valence electrons. The van der Waals surface area contributed by atoms with Crippen LogP contribution in [0.4, 0.5) is 0 Å². The smallest absolute Gasteiger partial charge is 0.0135 e. The fourth-order valence-corrected chi connectivity index (χ4v) is 4.09. The van der Waals surface area contributed by atoms with Crippen LogP contribution in [0.25, 0.3) is 0 Å². The maximum absolute atomic E-state index is 5.94. The van der Waals surface area contributed by atoms with Gasteiger partial charge in [0.1, 0.15) is 0 Å². The normalized spacial score (nSPS) is 25.5. The van der Waals surface area contributed by atoms with Crippen molar-refractivity contribution >= 4 is 11.8 Å². The first kappa shape index (κ1) is 13.0. The third-order valence-corrected chi connectivity index (χ3v) is 5.40. The lowest BCUT2D eigenvalue weighted by Crippen LogP contribution is -2.24. The topological polar surface area (TPSA) is 26.0 Å². The average molecular weight is 249 g/mol. The highest BCUT2D eigenvalue weighted by molar-refractivity contribution is 8.00. The second kappa shape index (κ2) is 6.46. The molecule has 1 saturated carbocycles. The SMILES string of the molecule is Cc1ccccc1SC1CCCCCC1CN. The van der Waals surface area contributed by atoms with Crippen LogP contribution >= 0.6 is 11.8 Å². The number of thioether (sulfide) groups is 1. The molecule has 0 aromatic heterocycles. The van der Waals surface area contributed by atoms with Crippen molar-refractivity contribution in [1.29, 1.82) is 0 Å². The quantitative estimate of drug-likeness (QED) is 0.820. The van der Waals surface area contributed by atoms with Crippen molar-refractivity contribution < 1.29 is 0 Å². The van der Waals surface area contributed by atoms with Crippen molar-refractivity contribution in [3.05, 3.63) is 29.8 Å². The van der Waals surface area contributed by atoms with E-state index in [1.807, 2.05) is 0 Å². The fourth-order valence-electron chi connectivity index (χ4n) is 2.63. The molecule has 2 atom stereocenters. The molecule has 0 radical (unpaired) electrons. The predicted molar refractivity (Wildman–Crippen MR) is 76.5 cm³/mol. The molecule has 0 aliphatic heterocycles. The van der Waals surface area contributed by atoms with Crippen LogP contribution in [0.5, 0.6) is 0 Å². The van der Waals surface area contributed by atoms with Crippen LogP contribution in [0.15, 0.2) is 29.2 Å². The van der Waals surface area contributed by atoms with Crippen LogP contribution in [0, 0.1) is 12.8 Å². The van der Waals surface area contributed by atoms with E-state index >= 15 is 0 Å². The molecule has 0 saturated heterocycles. The van der Waals surface area contributed by atoms with Crippen LogP contribution in [0.1, 0.15) is 37.7 Å². The summed E-state index contributed by atoms with van der Waals surface area (Å²) in [5.41, 5.74) is 7.34. The highest BCUT2D eigenvalue weighted by Crippen LogP contribution is 2.37. The molecular formula is C15H23NS. The number of rotatable bonds is 3. The standard InChI is InChI=1S/C15H23NS/c1-12-7-5-6-9-14(12)17-15-10-4-2-3-8-13(15)11-16/h5-7,9,13,15H,2-4,8,10-11,16H2,1H3. The average Bonchev–Trinajstić information content (AvgIpc) is 2.57. The Balaban J connectivity index is 2.07. The summed E-state index contributed by atoms with van der Waals surface area (Å²) in [6.07, 6.45) is 6.79. The summed E-state index contributed by atoms with van der Waals surface area (Å²) in [5, 5.41) is 0.726. The van der Waals surface area contributed by atoms with Gasteiger partial charge in [-0.2, -0.15) is 0 Å². The zero-order valence-corrected chi connectivity index (χ0v) is 11.5. The highest BCUT2D eigenvalue weighted by atomic mass is 32.2. The first-order chi connectivity index (χ1) is 8.31. The lowest BCUT2D eigenvalue weighted by molar-refractivity contribution is 0.483. The third-order valence-electron chi connectivity index (χ3n) is 3.76. The van der Waals surface area contributed by atoms with E-state index in [2.05, 4.69) is 43.0 Å². The summed E-state index contributed by atoms with van der Waals surface area (Å²) >= 11 is 2.06. The van der Waals surface area contributed by atoms with Gasteiger partial charge >= 0.3 is 0 Å². The van der Waals surface area contributed by atoms with Crippen molar-refractivity contribution in [2.45, 2.75) is 49.2 Å². The zero-order valence-electron chi connectivity index (χ0n) is 10.7. The van der Waals surface area contributed by atoms with Gasteiger partial charge in [-0.3, -0.25) is 0 Å². The molecule has 1 aliphatic carbocycles. The Kier molecular flexibility index (Phi) is 4.93. The Labute approximate surface area is 109 Å². The van der Waals surface area contributed by atoms with Crippen LogP contribution < -0.4 is 5.73 Å². The van der Waals surface area contributed by atoms with Gasteiger partial charge in [-0.25, -0.2) is 0 Å². The molecule has 17 heavy (non-hydrogen) atoms. The molecule has 2 heteroatoms. The summed E-state index contributed by atoms with van der Waals surface area (Å²) in [6.45, 7) is 3.06. The molecule has 1 nitrogen and oxygen atoms in total. The van der Waals surface area contributed by atoms with E-state index < -0.39 is 0 Å². The van der Waals surface area contributed by atoms with E-state index in [-0.39, 0.29) is 0 Å². The van der Waals surface area contributed by atoms with Crippen molar-refractivity contribution in [2.24, 2.45) is 11.7 Å². The predicted octanol–water partition coefficient (Wildman–Crippen LogP) is 3.99. The first-order valence-corrected chi connectivity index (χ1v) is 7.61. The first-order valence-electron chi connectivity index (χ1n) is 6.73. The van der Waals surface area contributed by atoms with E-state index in [4.69, 9.17) is 5.73 Å². The number of aryl methyl sites for hydroxylation is 1. The maximum atomic E-state index is 5.94. The van der Waals surface area contributed by atoms with Gasteiger partial charge in [0, 0.05) is 10.1 Å². The van der Waals surface area contributed by atoms with Gasteiger partial charge in [0.2, 0.25) is 0 Å². The summed E-state index contributed by atoms with van der Waals surface area (Å²) in [6, 6.07) is 8.71. The Morgan fingerprint density at radius 1 is 1.18 bits per heavy atom. The number of benzene rings is 1. The Morgan fingerprint density at radius 2 is 1.94 bits per heavy atom. The van der Waals surface area contributed by atoms with Crippen molar-refractivity contribution in [3.63, 3.8) is 0 Å². The molecule has 0 heterocycles. The van der Waals surface area contributed by atoms with Crippen LogP contribution in [0.2, 0.25) is 0 Å². The monoisotopic (exact) mass is 249 g/mol. The minimum atomic E-state index is 0.710. The minimum absolute atomic E-state index is 0.710. The number of nitrogens with two attached hydrogens (primary N) is 1. The molecule has 1 aliphatic rings. The van der Waals surface area contributed by atoms with Crippen LogP contribution in [-0.2, 0) is 0 Å². The van der Waals surface area contributed by atoms with E-state index in [0.29, 0.717) is 5.92 Å². The van der Waals surface area contributed by atoms with Crippen molar-refractivity contribution in [1.82, 2.24) is 0 Å². The number of hydrogen-bond acceptors (Lipinski definition) is 2. The minimum Gasteiger partial charge on any atom is -0.330 e. The zero-order chi connectivity index (χ0) is 12.1.